The van der Waals surface area contributed by atoms with Crippen LogP contribution in [0.15, 0.2) is 46.2 Å². The molecule has 4 rings (SSSR count). The molecule has 1 aromatic carbocycles. The number of amides is 1. The lowest BCUT2D eigenvalue weighted by Crippen LogP contribution is -2.18. The maximum Gasteiger partial charge on any atom is 0.234 e. The number of carbonyl (C=O) groups is 1. The number of benzene rings is 1. The summed E-state index contributed by atoms with van der Waals surface area (Å²) in [4.78, 5) is 12.4. The Labute approximate surface area is 181 Å². The Bertz CT molecular complexity index is 988. The van der Waals surface area contributed by atoms with Crippen LogP contribution >= 0.6 is 35.0 Å². The summed E-state index contributed by atoms with van der Waals surface area (Å²) in [5, 5.41) is 12.6. The average molecular weight is 453 g/mol. The molecule has 3 heterocycles. The van der Waals surface area contributed by atoms with E-state index in [0.717, 1.165) is 19.4 Å². The van der Waals surface area contributed by atoms with Crippen LogP contribution < -0.4 is 5.32 Å². The van der Waals surface area contributed by atoms with Crippen molar-refractivity contribution in [2.45, 2.75) is 30.6 Å². The molecule has 1 aliphatic rings. The third-order valence-electron chi connectivity index (χ3n) is 4.43. The Morgan fingerprint density at radius 3 is 2.93 bits per heavy atom. The topological polar surface area (TPSA) is 82.2 Å². The Balaban J connectivity index is 1.47. The molecule has 152 valence electrons. The molecule has 0 radical (unpaired) electrons. The molecule has 1 atom stereocenters. The van der Waals surface area contributed by atoms with Crippen molar-refractivity contribution in [1.29, 1.82) is 0 Å². The van der Waals surface area contributed by atoms with Gasteiger partial charge in [-0.15, -0.1) is 10.2 Å². The predicted molar refractivity (Wildman–Crippen MR) is 113 cm³/mol. The van der Waals surface area contributed by atoms with E-state index in [1.807, 2.05) is 10.6 Å². The van der Waals surface area contributed by atoms with E-state index in [4.69, 9.17) is 32.4 Å². The molecule has 3 aromatic rings. The van der Waals surface area contributed by atoms with Crippen LogP contribution in [0.25, 0.3) is 11.6 Å². The molecular weight excluding hydrogens is 435 g/mol. The number of carbonyl (C=O) groups excluding carboxylic acids is 1. The number of anilines is 1. The molecule has 1 aliphatic heterocycles. The van der Waals surface area contributed by atoms with Crippen molar-refractivity contribution in [3.63, 3.8) is 0 Å². The maximum atomic E-state index is 12.4. The minimum atomic E-state index is -0.217. The summed E-state index contributed by atoms with van der Waals surface area (Å²) in [5.41, 5.74) is 0.474. The number of furan rings is 1. The normalized spacial score (nSPS) is 16.3. The summed E-state index contributed by atoms with van der Waals surface area (Å²) in [6.07, 6.45) is 3.70. The molecule has 0 aliphatic carbocycles. The predicted octanol–water partition coefficient (Wildman–Crippen LogP) is 4.75. The molecule has 0 bridgehead atoms. The fourth-order valence-corrected chi connectivity index (χ4v) is 4.15. The van der Waals surface area contributed by atoms with Gasteiger partial charge in [-0.2, -0.15) is 0 Å². The lowest BCUT2D eigenvalue weighted by Gasteiger charge is -2.14. The molecule has 7 nitrogen and oxygen atoms in total. The van der Waals surface area contributed by atoms with Crippen LogP contribution in [-0.2, 0) is 16.1 Å². The van der Waals surface area contributed by atoms with E-state index in [1.54, 1.807) is 30.5 Å². The highest BCUT2D eigenvalue weighted by Gasteiger charge is 2.23. The van der Waals surface area contributed by atoms with Crippen molar-refractivity contribution in [1.82, 2.24) is 14.8 Å². The fourth-order valence-electron chi connectivity index (χ4n) is 3.06. The third kappa shape index (κ3) is 4.78. The number of hydrogen-bond acceptors (Lipinski definition) is 6. The summed E-state index contributed by atoms with van der Waals surface area (Å²) in [7, 11) is 0. The Hall–Kier alpha value is -2.00. The highest BCUT2D eigenvalue weighted by atomic mass is 35.5. The molecule has 2 aromatic heterocycles. The third-order valence-corrected chi connectivity index (χ3v) is 6.21. The number of thioether (sulfide) groups is 1. The van der Waals surface area contributed by atoms with Gasteiger partial charge in [-0.1, -0.05) is 41.0 Å². The minimum Gasteiger partial charge on any atom is -0.461 e. The summed E-state index contributed by atoms with van der Waals surface area (Å²) < 4.78 is 13.2. The lowest BCUT2D eigenvalue weighted by molar-refractivity contribution is -0.113. The van der Waals surface area contributed by atoms with Crippen LogP contribution in [0.3, 0.4) is 0 Å². The molecule has 10 heteroatoms. The Morgan fingerprint density at radius 2 is 2.17 bits per heavy atom. The second kappa shape index (κ2) is 9.21. The molecule has 1 unspecified atom stereocenters. The lowest BCUT2D eigenvalue weighted by atomic mass is 10.2. The monoisotopic (exact) mass is 452 g/mol. The molecule has 0 saturated carbocycles. The van der Waals surface area contributed by atoms with Crippen molar-refractivity contribution < 1.29 is 13.9 Å². The van der Waals surface area contributed by atoms with Crippen LogP contribution in [-0.4, -0.2) is 39.1 Å². The number of nitrogens with zero attached hydrogens (tertiary/aromatic N) is 3. The zero-order valence-corrected chi connectivity index (χ0v) is 17.6. The number of aromatic nitrogens is 3. The van der Waals surface area contributed by atoms with Crippen molar-refractivity contribution >= 4 is 46.6 Å². The van der Waals surface area contributed by atoms with Gasteiger partial charge in [0.25, 0.3) is 0 Å². The highest BCUT2D eigenvalue weighted by molar-refractivity contribution is 7.99. The molecule has 1 saturated heterocycles. The van der Waals surface area contributed by atoms with E-state index in [0.29, 0.717) is 39.0 Å². The van der Waals surface area contributed by atoms with Gasteiger partial charge in [0.2, 0.25) is 11.7 Å². The van der Waals surface area contributed by atoms with E-state index in [9.17, 15) is 4.79 Å². The van der Waals surface area contributed by atoms with E-state index >= 15 is 0 Å². The van der Waals surface area contributed by atoms with Crippen molar-refractivity contribution in [3.05, 3.63) is 46.6 Å². The van der Waals surface area contributed by atoms with Gasteiger partial charge in [-0.25, -0.2) is 0 Å². The van der Waals surface area contributed by atoms with E-state index in [-0.39, 0.29) is 17.8 Å². The van der Waals surface area contributed by atoms with Gasteiger partial charge in [0, 0.05) is 6.61 Å². The van der Waals surface area contributed by atoms with Crippen molar-refractivity contribution in [2.24, 2.45) is 0 Å². The zero-order valence-electron chi connectivity index (χ0n) is 15.3. The largest absolute Gasteiger partial charge is 0.461 e. The van der Waals surface area contributed by atoms with Crippen molar-refractivity contribution in [2.75, 3.05) is 17.7 Å². The standard InChI is InChI=1S/C19H18Cl2N4O3S/c20-13-5-1-6-14(17(13)21)22-16(26)11-29-19-24-23-18(15-7-3-9-28-15)25(19)10-12-4-2-8-27-12/h1,3,5-7,9,12H,2,4,8,10-11H2,(H,22,26). The summed E-state index contributed by atoms with van der Waals surface area (Å²) in [6, 6.07) is 8.72. The highest BCUT2D eigenvalue weighted by Crippen LogP contribution is 2.30. The molecule has 0 spiro atoms. The van der Waals surface area contributed by atoms with Crippen molar-refractivity contribution in [3.8, 4) is 11.6 Å². The summed E-state index contributed by atoms with van der Waals surface area (Å²) >= 11 is 13.4. The Kier molecular flexibility index (Phi) is 6.44. The van der Waals surface area contributed by atoms with Gasteiger partial charge in [0.05, 0.1) is 40.4 Å². The molecule has 29 heavy (non-hydrogen) atoms. The summed E-state index contributed by atoms with van der Waals surface area (Å²) in [5.74, 6) is 1.17. The molecular formula is C19H18Cl2N4O3S. The second-order valence-electron chi connectivity index (χ2n) is 6.47. The first kappa shape index (κ1) is 20.3. The van der Waals surface area contributed by atoms with Gasteiger partial charge >= 0.3 is 0 Å². The molecule has 1 amide bonds. The van der Waals surface area contributed by atoms with Gasteiger partial charge in [-0.3, -0.25) is 9.36 Å². The number of ether oxygens (including phenoxy) is 1. The second-order valence-corrected chi connectivity index (χ2v) is 8.20. The van der Waals surface area contributed by atoms with E-state index < -0.39 is 0 Å². The van der Waals surface area contributed by atoms with Gasteiger partial charge in [0.15, 0.2) is 10.9 Å². The number of halogens is 2. The summed E-state index contributed by atoms with van der Waals surface area (Å²) in [6.45, 7) is 1.36. The smallest absolute Gasteiger partial charge is 0.234 e. The fraction of sp³-hybridized carbons (Fsp3) is 0.316. The number of hydrogen-bond donors (Lipinski definition) is 1. The first-order valence-corrected chi connectivity index (χ1v) is 10.8. The van der Waals surface area contributed by atoms with Crippen LogP contribution in [0.2, 0.25) is 10.0 Å². The average Bonchev–Trinajstić information content (AvgIpc) is 3.46. The molecule has 1 N–H and O–H groups in total. The van der Waals surface area contributed by atoms with Gasteiger partial charge in [0.1, 0.15) is 0 Å². The molecule has 1 fully saturated rings. The number of nitrogens with one attached hydrogen (secondary N) is 1. The van der Waals surface area contributed by atoms with Crippen LogP contribution in [0, 0.1) is 0 Å². The van der Waals surface area contributed by atoms with Gasteiger partial charge < -0.3 is 14.5 Å². The zero-order chi connectivity index (χ0) is 20.2. The minimum absolute atomic E-state index is 0.0955. The van der Waals surface area contributed by atoms with Crippen LogP contribution in [0.1, 0.15) is 12.8 Å². The maximum absolute atomic E-state index is 12.4. The number of rotatable bonds is 7. The van der Waals surface area contributed by atoms with Crippen LogP contribution in [0.5, 0.6) is 0 Å². The van der Waals surface area contributed by atoms with Crippen LogP contribution in [0.4, 0.5) is 5.69 Å². The first-order chi connectivity index (χ1) is 14.1. The Morgan fingerprint density at radius 1 is 1.28 bits per heavy atom. The first-order valence-electron chi connectivity index (χ1n) is 9.07. The van der Waals surface area contributed by atoms with E-state index in [1.165, 1.54) is 11.8 Å². The van der Waals surface area contributed by atoms with Gasteiger partial charge in [-0.05, 0) is 37.1 Å². The quantitative estimate of drug-likeness (QED) is 0.520. The SMILES string of the molecule is O=C(CSc1nnc(-c2ccco2)n1CC1CCCO1)Nc1cccc(Cl)c1Cl. The van der Waals surface area contributed by atoms with E-state index in [2.05, 4.69) is 15.5 Å².